The van der Waals surface area contributed by atoms with E-state index in [1.165, 1.54) is 0 Å². The first-order valence-corrected chi connectivity index (χ1v) is 9.64. The molecule has 1 aliphatic heterocycles. The fourth-order valence-corrected chi connectivity index (χ4v) is 3.60. The highest BCUT2D eigenvalue weighted by molar-refractivity contribution is 5.95. The number of nitrogens with one attached hydrogen (secondary N) is 1. The molecule has 3 rings (SSSR count). The number of anilines is 2. The topological polar surface area (TPSA) is 55.8 Å². The Morgan fingerprint density at radius 3 is 2.26 bits per heavy atom. The maximum Gasteiger partial charge on any atom is 0.241 e. The van der Waals surface area contributed by atoms with Crippen molar-refractivity contribution in [3.63, 3.8) is 0 Å². The maximum absolute atomic E-state index is 12.8. The van der Waals surface area contributed by atoms with Gasteiger partial charge in [0, 0.05) is 31.9 Å². The summed E-state index contributed by atoms with van der Waals surface area (Å²) in [6.07, 6.45) is 0. The number of amides is 1. The molecule has 2 aromatic rings. The minimum absolute atomic E-state index is 0.0270. The number of rotatable bonds is 5. The third-order valence-corrected chi connectivity index (χ3v) is 5.30. The molecule has 1 heterocycles. The molecule has 5 nitrogen and oxygen atoms in total. The molecular weight excluding hydrogens is 338 g/mol. The lowest BCUT2D eigenvalue weighted by Crippen LogP contribution is -2.52. The first-order chi connectivity index (χ1) is 13.0. The molecule has 0 saturated carbocycles. The number of carbonyl (C=O) groups excluding carboxylic acids is 1. The molecule has 0 aromatic heterocycles. The zero-order valence-electron chi connectivity index (χ0n) is 16.4. The Kier molecular flexibility index (Phi) is 6.01. The van der Waals surface area contributed by atoms with Crippen molar-refractivity contribution < 1.29 is 9.90 Å². The molecule has 1 aliphatic rings. The number of piperazine rings is 1. The molecule has 1 saturated heterocycles. The van der Waals surface area contributed by atoms with Gasteiger partial charge in [-0.3, -0.25) is 9.69 Å². The van der Waals surface area contributed by atoms with Crippen molar-refractivity contribution >= 4 is 17.3 Å². The van der Waals surface area contributed by atoms with Crippen molar-refractivity contribution in [2.75, 3.05) is 36.4 Å². The number of para-hydroxylation sites is 3. The van der Waals surface area contributed by atoms with Gasteiger partial charge in [-0.2, -0.15) is 0 Å². The Morgan fingerprint density at radius 1 is 0.963 bits per heavy atom. The van der Waals surface area contributed by atoms with Crippen molar-refractivity contribution in [1.82, 2.24) is 4.90 Å². The van der Waals surface area contributed by atoms with Crippen molar-refractivity contribution in [3.8, 4) is 5.75 Å². The third-order valence-electron chi connectivity index (χ3n) is 5.30. The second kappa shape index (κ2) is 8.44. The van der Waals surface area contributed by atoms with E-state index in [-0.39, 0.29) is 11.9 Å². The van der Waals surface area contributed by atoms with Gasteiger partial charge in [0.05, 0.1) is 11.7 Å². The van der Waals surface area contributed by atoms with Crippen LogP contribution in [0.15, 0.2) is 48.5 Å². The quantitative estimate of drug-likeness (QED) is 0.847. The first-order valence-electron chi connectivity index (χ1n) is 9.64. The Labute approximate surface area is 161 Å². The summed E-state index contributed by atoms with van der Waals surface area (Å²) in [5.74, 6) is 0.694. The van der Waals surface area contributed by atoms with Crippen LogP contribution in [0.3, 0.4) is 0 Å². The van der Waals surface area contributed by atoms with E-state index in [2.05, 4.69) is 35.0 Å². The van der Waals surface area contributed by atoms with Crippen molar-refractivity contribution in [1.29, 1.82) is 0 Å². The summed E-state index contributed by atoms with van der Waals surface area (Å²) in [4.78, 5) is 17.2. The monoisotopic (exact) mass is 367 g/mol. The summed E-state index contributed by atoms with van der Waals surface area (Å²) >= 11 is 0. The van der Waals surface area contributed by atoms with E-state index in [9.17, 15) is 9.90 Å². The van der Waals surface area contributed by atoms with E-state index in [1.807, 2.05) is 43.3 Å². The van der Waals surface area contributed by atoms with Gasteiger partial charge < -0.3 is 15.3 Å². The van der Waals surface area contributed by atoms with Crippen LogP contribution in [0, 0.1) is 0 Å². The number of benzene rings is 2. The molecule has 0 radical (unpaired) electrons. The van der Waals surface area contributed by atoms with E-state index in [1.54, 1.807) is 6.07 Å². The van der Waals surface area contributed by atoms with E-state index < -0.39 is 0 Å². The van der Waals surface area contributed by atoms with E-state index in [4.69, 9.17) is 0 Å². The van der Waals surface area contributed by atoms with Gasteiger partial charge in [0.15, 0.2) is 0 Å². The van der Waals surface area contributed by atoms with Gasteiger partial charge in [0.1, 0.15) is 5.75 Å². The number of carbonyl (C=O) groups is 1. The number of nitrogens with zero attached hydrogens (tertiary/aromatic N) is 2. The van der Waals surface area contributed by atoms with E-state index in [0.717, 1.165) is 43.1 Å². The Bertz CT molecular complexity index is 783. The summed E-state index contributed by atoms with van der Waals surface area (Å²) in [6, 6.07) is 15.2. The van der Waals surface area contributed by atoms with Crippen LogP contribution in [-0.4, -0.2) is 48.1 Å². The highest BCUT2D eigenvalue weighted by Gasteiger charge is 2.26. The molecule has 0 unspecified atom stereocenters. The molecule has 0 spiro atoms. The van der Waals surface area contributed by atoms with Crippen LogP contribution < -0.4 is 10.2 Å². The predicted molar refractivity (Wildman–Crippen MR) is 111 cm³/mol. The predicted octanol–water partition coefficient (Wildman–Crippen LogP) is 3.66. The lowest BCUT2D eigenvalue weighted by Gasteiger charge is -2.38. The van der Waals surface area contributed by atoms with Crippen molar-refractivity contribution in [2.24, 2.45) is 0 Å². The number of phenolic OH excluding ortho intramolecular Hbond substituents is 1. The van der Waals surface area contributed by atoms with Crippen LogP contribution in [0.2, 0.25) is 0 Å². The molecule has 144 valence electrons. The number of phenols is 1. The molecule has 2 N–H and O–H groups in total. The lowest BCUT2D eigenvalue weighted by atomic mass is 10.0. The molecule has 27 heavy (non-hydrogen) atoms. The smallest absolute Gasteiger partial charge is 0.241 e. The average molecular weight is 367 g/mol. The van der Waals surface area contributed by atoms with Gasteiger partial charge in [-0.1, -0.05) is 44.2 Å². The SMILES string of the molecule is CC(C)c1ccccc1NC(=O)[C@H](C)N1CCN(c2ccccc2O)CC1. The number of aromatic hydroxyl groups is 1. The second-order valence-electron chi connectivity index (χ2n) is 7.42. The summed E-state index contributed by atoms with van der Waals surface area (Å²) in [7, 11) is 0. The van der Waals surface area contributed by atoms with Gasteiger partial charge in [-0.05, 0) is 36.6 Å². The van der Waals surface area contributed by atoms with Gasteiger partial charge in [0.2, 0.25) is 5.91 Å². The van der Waals surface area contributed by atoms with E-state index >= 15 is 0 Å². The normalized spacial score (nSPS) is 16.4. The van der Waals surface area contributed by atoms with Crippen LogP contribution in [0.25, 0.3) is 0 Å². The summed E-state index contributed by atoms with van der Waals surface area (Å²) in [5, 5.41) is 13.1. The molecule has 0 aliphatic carbocycles. The fraction of sp³-hybridized carbons (Fsp3) is 0.409. The van der Waals surface area contributed by atoms with Gasteiger partial charge in [-0.15, -0.1) is 0 Å². The summed E-state index contributed by atoms with van der Waals surface area (Å²) in [6.45, 7) is 9.38. The van der Waals surface area contributed by atoms with Crippen molar-refractivity contribution in [3.05, 3.63) is 54.1 Å². The van der Waals surface area contributed by atoms with Gasteiger partial charge in [-0.25, -0.2) is 0 Å². The van der Waals surface area contributed by atoms with Crippen LogP contribution in [0.1, 0.15) is 32.3 Å². The number of hydrogen-bond donors (Lipinski definition) is 2. The highest BCUT2D eigenvalue weighted by Crippen LogP contribution is 2.28. The molecule has 5 heteroatoms. The molecule has 0 bridgehead atoms. The van der Waals surface area contributed by atoms with Crippen LogP contribution in [0.4, 0.5) is 11.4 Å². The average Bonchev–Trinajstić information content (AvgIpc) is 2.68. The van der Waals surface area contributed by atoms with Gasteiger partial charge in [0.25, 0.3) is 0 Å². The third kappa shape index (κ3) is 4.42. The van der Waals surface area contributed by atoms with Crippen LogP contribution >= 0.6 is 0 Å². The maximum atomic E-state index is 12.8. The molecule has 1 atom stereocenters. The lowest BCUT2D eigenvalue weighted by molar-refractivity contribution is -0.120. The zero-order valence-corrected chi connectivity index (χ0v) is 16.4. The fourth-order valence-electron chi connectivity index (χ4n) is 3.60. The Balaban J connectivity index is 1.60. The van der Waals surface area contributed by atoms with Crippen LogP contribution in [-0.2, 0) is 4.79 Å². The molecule has 1 fully saturated rings. The molecule has 2 aromatic carbocycles. The van der Waals surface area contributed by atoms with E-state index in [0.29, 0.717) is 11.7 Å². The molecule has 1 amide bonds. The minimum atomic E-state index is -0.197. The zero-order chi connectivity index (χ0) is 19.4. The summed E-state index contributed by atoms with van der Waals surface area (Å²) in [5.41, 5.74) is 2.92. The van der Waals surface area contributed by atoms with Crippen molar-refractivity contribution in [2.45, 2.75) is 32.7 Å². The molecular formula is C22H29N3O2. The number of hydrogen-bond acceptors (Lipinski definition) is 4. The highest BCUT2D eigenvalue weighted by atomic mass is 16.3. The largest absolute Gasteiger partial charge is 0.506 e. The Morgan fingerprint density at radius 2 is 1.59 bits per heavy atom. The minimum Gasteiger partial charge on any atom is -0.506 e. The second-order valence-corrected chi connectivity index (χ2v) is 7.42. The standard InChI is InChI=1S/C22H29N3O2/c1-16(2)18-8-4-5-9-19(18)23-22(27)17(3)24-12-14-25(15-13-24)20-10-6-7-11-21(20)26/h4-11,16-17,26H,12-15H2,1-3H3,(H,23,27)/t17-/m0/s1. The van der Waals surface area contributed by atoms with Gasteiger partial charge >= 0.3 is 0 Å². The summed E-state index contributed by atoms with van der Waals surface area (Å²) < 4.78 is 0. The first kappa shape index (κ1) is 19.2. The Hall–Kier alpha value is -2.53. The van der Waals surface area contributed by atoms with Crippen LogP contribution in [0.5, 0.6) is 5.75 Å².